The van der Waals surface area contributed by atoms with Crippen LogP contribution in [-0.4, -0.2) is 59.0 Å². The Bertz CT molecular complexity index is 1340. The van der Waals surface area contributed by atoms with Crippen molar-refractivity contribution in [2.24, 2.45) is 0 Å². The molecule has 2 aliphatic rings. The van der Waals surface area contributed by atoms with Gasteiger partial charge in [0.2, 0.25) is 11.8 Å². The normalized spacial score (nSPS) is 17.9. The average molecular weight is 533 g/mol. The predicted molar refractivity (Wildman–Crippen MR) is 152 cm³/mol. The average Bonchev–Trinajstić information content (AvgIpc) is 3.54. The number of nitrogens with zero attached hydrogens (tertiary/aromatic N) is 4. The van der Waals surface area contributed by atoms with Gasteiger partial charge in [-0.3, -0.25) is 14.5 Å². The van der Waals surface area contributed by atoms with Crippen LogP contribution < -0.4 is 9.64 Å². The molecule has 1 saturated heterocycles. The molecule has 0 unspecified atom stereocenters. The first kappa shape index (κ1) is 26.4. The first-order valence-corrected chi connectivity index (χ1v) is 14.3. The smallest absolute Gasteiger partial charge is 0.242 e. The summed E-state index contributed by atoms with van der Waals surface area (Å²) >= 11 is 1.62. The van der Waals surface area contributed by atoms with E-state index < -0.39 is 0 Å². The molecule has 3 heterocycles. The molecular weight excluding hydrogens is 496 g/mol. The summed E-state index contributed by atoms with van der Waals surface area (Å²) in [6.07, 6.45) is 2.02. The molecule has 5 rings (SSSR count). The molecule has 0 N–H and O–H groups in total. The number of anilines is 1. The maximum atomic E-state index is 13.8. The Kier molecular flexibility index (Phi) is 7.27. The molecule has 200 valence electrons. The van der Waals surface area contributed by atoms with Crippen LogP contribution in [0.5, 0.6) is 5.75 Å². The van der Waals surface area contributed by atoms with E-state index in [4.69, 9.17) is 9.84 Å². The molecule has 2 amide bonds. The van der Waals surface area contributed by atoms with Gasteiger partial charge >= 0.3 is 0 Å². The summed E-state index contributed by atoms with van der Waals surface area (Å²) in [7, 11) is 1.64. The lowest BCUT2D eigenvalue weighted by molar-refractivity contribution is -0.130. The fourth-order valence-corrected chi connectivity index (χ4v) is 6.46. The third kappa shape index (κ3) is 5.06. The molecule has 0 aliphatic carbocycles. The van der Waals surface area contributed by atoms with Gasteiger partial charge in [-0.25, -0.2) is 4.68 Å². The van der Waals surface area contributed by atoms with Crippen LogP contribution in [0, 0.1) is 6.92 Å². The largest absolute Gasteiger partial charge is 0.497 e. The second kappa shape index (κ2) is 10.5. The number of amides is 2. The number of carbonyl (C=O) groups is 2. The monoisotopic (exact) mass is 532 g/mol. The number of fused-ring (bicyclic) bond motifs is 1. The van der Waals surface area contributed by atoms with Crippen molar-refractivity contribution in [3.63, 3.8) is 0 Å². The lowest BCUT2D eigenvalue weighted by Gasteiger charge is -2.26. The predicted octanol–water partition coefficient (Wildman–Crippen LogP) is 5.28. The van der Waals surface area contributed by atoms with Crippen molar-refractivity contribution in [1.82, 2.24) is 14.7 Å². The molecule has 3 aromatic rings. The van der Waals surface area contributed by atoms with E-state index in [0.717, 1.165) is 54.2 Å². The Labute approximate surface area is 229 Å². The number of methoxy groups -OCH3 is 1. The Morgan fingerprint density at radius 2 is 1.82 bits per heavy atom. The zero-order valence-electron chi connectivity index (χ0n) is 22.9. The number of hydrogen-bond donors (Lipinski definition) is 0. The first-order chi connectivity index (χ1) is 18.2. The number of carbonyl (C=O) groups excluding carboxylic acids is 2. The number of likely N-dealkylation sites (tertiary alicyclic amines) is 1. The molecule has 2 aliphatic heterocycles. The van der Waals surface area contributed by atoms with Crippen molar-refractivity contribution in [1.29, 1.82) is 0 Å². The standard InChI is InChI=1S/C30H36N4O3S/c1-20-9-8-10-21(17-20)27-26-28(30(2,3)4)31-34(22-11-13-23(37-5)14-12-22)29(26)33(25(36)19-38-27)18-24(35)32-15-6-7-16-32/h8-14,17,27H,6-7,15-16,18-19H2,1-5H3/t27-/m1/s1. The summed E-state index contributed by atoms with van der Waals surface area (Å²) in [6, 6.07) is 16.2. The maximum absolute atomic E-state index is 13.8. The highest BCUT2D eigenvalue weighted by molar-refractivity contribution is 8.00. The summed E-state index contributed by atoms with van der Waals surface area (Å²) in [5.41, 5.74) is 4.76. The topological polar surface area (TPSA) is 67.7 Å². The van der Waals surface area contributed by atoms with E-state index in [1.165, 1.54) is 5.56 Å². The molecule has 1 fully saturated rings. The van der Waals surface area contributed by atoms with E-state index in [2.05, 4.69) is 52.0 Å². The second-order valence-electron chi connectivity index (χ2n) is 11.1. The molecule has 8 heteroatoms. The van der Waals surface area contributed by atoms with Crippen LogP contribution in [0.2, 0.25) is 0 Å². The van der Waals surface area contributed by atoms with Crippen molar-refractivity contribution >= 4 is 29.4 Å². The summed E-state index contributed by atoms with van der Waals surface area (Å²) in [6.45, 7) is 10.1. The van der Waals surface area contributed by atoms with Gasteiger partial charge in [0.1, 0.15) is 18.1 Å². The van der Waals surface area contributed by atoms with Gasteiger partial charge in [0, 0.05) is 24.1 Å². The lowest BCUT2D eigenvalue weighted by atomic mass is 9.87. The highest BCUT2D eigenvalue weighted by Crippen LogP contribution is 2.48. The Balaban J connectivity index is 1.74. The van der Waals surface area contributed by atoms with Gasteiger partial charge in [0.15, 0.2) is 0 Å². The minimum absolute atomic E-state index is 0.0123. The van der Waals surface area contributed by atoms with Gasteiger partial charge in [-0.15, -0.1) is 11.8 Å². The van der Waals surface area contributed by atoms with E-state index in [9.17, 15) is 9.59 Å². The van der Waals surface area contributed by atoms with Crippen molar-refractivity contribution in [3.8, 4) is 11.4 Å². The summed E-state index contributed by atoms with van der Waals surface area (Å²) in [5.74, 6) is 1.63. The van der Waals surface area contributed by atoms with E-state index in [-0.39, 0.29) is 34.8 Å². The van der Waals surface area contributed by atoms with Crippen molar-refractivity contribution < 1.29 is 14.3 Å². The van der Waals surface area contributed by atoms with Crippen LogP contribution in [0.1, 0.15) is 61.2 Å². The summed E-state index contributed by atoms with van der Waals surface area (Å²) < 4.78 is 7.24. The molecule has 0 spiro atoms. The Morgan fingerprint density at radius 3 is 2.45 bits per heavy atom. The van der Waals surface area contributed by atoms with Crippen LogP contribution in [0.4, 0.5) is 5.82 Å². The SMILES string of the molecule is COc1ccc(-n2nc(C(C)(C)C)c3c2N(CC(=O)N2CCCC2)C(=O)CS[C@@H]3c2cccc(C)c2)cc1. The fraction of sp³-hybridized carbons (Fsp3) is 0.433. The number of aromatic nitrogens is 2. The van der Waals surface area contributed by atoms with Crippen molar-refractivity contribution in [2.45, 2.75) is 51.2 Å². The maximum Gasteiger partial charge on any atom is 0.242 e. The number of hydrogen-bond acceptors (Lipinski definition) is 5. The molecule has 0 radical (unpaired) electrons. The number of thioether (sulfide) groups is 1. The van der Waals surface area contributed by atoms with E-state index in [1.807, 2.05) is 33.8 Å². The number of aryl methyl sites for hydroxylation is 1. The van der Waals surface area contributed by atoms with Gasteiger partial charge in [-0.05, 0) is 49.6 Å². The third-order valence-electron chi connectivity index (χ3n) is 7.21. The van der Waals surface area contributed by atoms with E-state index >= 15 is 0 Å². The van der Waals surface area contributed by atoms with E-state index in [0.29, 0.717) is 5.82 Å². The van der Waals surface area contributed by atoms with E-state index in [1.54, 1.807) is 23.8 Å². The van der Waals surface area contributed by atoms with Gasteiger partial charge in [-0.1, -0.05) is 50.6 Å². The lowest BCUT2D eigenvalue weighted by Crippen LogP contribution is -2.43. The Morgan fingerprint density at radius 1 is 1.11 bits per heavy atom. The fourth-order valence-electron chi connectivity index (χ4n) is 5.27. The van der Waals surface area contributed by atoms with Crippen LogP contribution >= 0.6 is 11.8 Å². The molecule has 38 heavy (non-hydrogen) atoms. The zero-order chi connectivity index (χ0) is 27.0. The third-order valence-corrected chi connectivity index (χ3v) is 8.47. The van der Waals surface area contributed by atoms with Gasteiger partial charge < -0.3 is 9.64 Å². The molecule has 0 saturated carbocycles. The number of benzene rings is 2. The van der Waals surface area contributed by atoms with Crippen LogP contribution in [0.25, 0.3) is 5.69 Å². The molecule has 2 aromatic carbocycles. The molecule has 7 nitrogen and oxygen atoms in total. The van der Waals surface area contributed by atoms with Crippen molar-refractivity contribution in [2.75, 3.05) is 37.4 Å². The zero-order valence-corrected chi connectivity index (χ0v) is 23.7. The van der Waals surface area contributed by atoms with Crippen LogP contribution in [-0.2, 0) is 15.0 Å². The molecule has 1 atom stereocenters. The van der Waals surface area contributed by atoms with Crippen LogP contribution in [0.3, 0.4) is 0 Å². The molecular formula is C30H36N4O3S. The van der Waals surface area contributed by atoms with Gasteiger partial charge in [0.25, 0.3) is 0 Å². The first-order valence-electron chi connectivity index (χ1n) is 13.2. The minimum atomic E-state index is -0.289. The highest BCUT2D eigenvalue weighted by Gasteiger charge is 2.40. The van der Waals surface area contributed by atoms with Crippen molar-refractivity contribution in [3.05, 3.63) is 70.9 Å². The number of ether oxygens (including phenoxy) is 1. The second-order valence-corrected chi connectivity index (χ2v) is 12.2. The summed E-state index contributed by atoms with van der Waals surface area (Å²) in [5, 5.41) is 5.07. The van der Waals surface area contributed by atoms with Gasteiger partial charge in [-0.2, -0.15) is 5.10 Å². The highest BCUT2D eigenvalue weighted by atomic mass is 32.2. The summed E-state index contributed by atoms with van der Waals surface area (Å²) in [4.78, 5) is 30.7. The quantitative estimate of drug-likeness (QED) is 0.447. The Hall–Kier alpha value is -3.26. The molecule has 1 aromatic heterocycles. The van der Waals surface area contributed by atoms with Crippen LogP contribution in [0.15, 0.2) is 48.5 Å². The minimum Gasteiger partial charge on any atom is -0.497 e. The number of rotatable bonds is 5. The van der Waals surface area contributed by atoms with Gasteiger partial charge in [0.05, 0.1) is 29.5 Å². The molecule has 0 bridgehead atoms.